The number of nitrogens with one attached hydrogen (secondary N) is 1. The van der Waals surface area contributed by atoms with Crippen molar-refractivity contribution >= 4 is 10.9 Å². The Hall–Kier alpha value is -1.48. The van der Waals surface area contributed by atoms with Crippen molar-refractivity contribution in [2.45, 2.75) is 26.8 Å². The van der Waals surface area contributed by atoms with E-state index in [0.29, 0.717) is 6.54 Å². The fourth-order valence-corrected chi connectivity index (χ4v) is 2.31. The summed E-state index contributed by atoms with van der Waals surface area (Å²) in [6, 6.07) is 4.09. The molecule has 16 heavy (non-hydrogen) atoms. The molecular weight excluding hydrogens is 200 g/mol. The first kappa shape index (κ1) is 11.0. The van der Waals surface area contributed by atoms with E-state index >= 15 is 0 Å². The Labute approximate surface area is 95.6 Å². The Kier molecular flexibility index (Phi) is 2.88. The van der Waals surface area contributed by atoms with E-state index in [1.54, 1.807) is 7.11 Å². The highest BCUT2D eigenvalue weighted by molar-refractivity contribution is 5.92. The molecule has 0 atom stereocenters. The second-order valence-electron chi connectivity index (χ2n) is 3.97. The van der Waals surface area contributed by atoms with Gasteiger partial charge >= 0.3 is 0 Å². The van der Waals surface area contributed by atoms with Crippen LogP contribution in [-0.2, 0) is 13.0 Å². The summed E-state index contributed by atoms with van der Waals surface area (Å²) >= 11 is 0. The molecular formula is C13H18N2O. The van der Waals surface area contributed by atoms with E-state index in [9.17, 15) is 0 Å². The van der Waals surface area contributed by atoms with Crippen molar-refractivity contribution in [3.8, 4) is 5.75 Å². The van der Waals surface area contributed by atoms with Gasteiger partial charge in [-0.05, 0) is 30.5 Å². The van der Waals surface area contributed by atoms with Crippen molar-refractivity contribution in [2.75, 3.05) is 7.11 Å². The molecule has 0 unspecified atom stereocenters. The summed E-state index contributed by atoms with van der Waals surface area (Å²) in [6.07, 6.45) is 0.987. The topological polar surface area (TPSA) is 51.0 Å². The summed E-state index contributed by atoms with van der Waals surface area (Å²) in [5.74, 6) is 0.884. The Morgan fingerprint density at radius 2 is 2.12 bits per heavy atom. The zero-order valence-electron chi connectivity index (χ0n) is 10.1. The maximum Gasteiger partial charge on any atom is 0.142 e. The van der Waals surface area contributed by atoms with Gasteiger partial charge in [-0.2, -0.15) is 0 Å². The van der Waals surface area contributed by atoms with E-state index in [0.717, 1.165) is 23.4 Å². The highest BCUT2D eigenvalue weighted by atomic mass is 16.5. The van der Waals surface area contributed by atoms with E-state index in [1.807, 2.05) is 6.07 Å². The summed E-state index contributed by atoms with van der Waals surface area (Å²) in [5, 5.41) is 1.27. The lowest BCUT2D eigenvalue weighted by molar-refractivity contribution is 0.419. The van der Waals surface area contributed by atoms with Gasteiger partial charge in [0.25, 0.3) is 0 Å². The smallest absolute Gasteiger partial charge is 0.142 e. The molecule has 0 bridgehead atoms. The van der Waals surface area contributed by atoms with Crippen LogP contribution in [0, 0.1) is 6.92 Å². The molecule has 0 aliphatic carbocycles. The van der Waals surface area contributed by atoms with Gasteiger partial charge in [-0.15, -0.1) is 0 Å². The Balaban J connectivity index is 2.84. The molecule has 3 nitrogen and oxygen atoms in total. The summed E-state index contributed by atoms with van der Waals surface area (Å²) < 4.78 is 5.37. The van der Waals surface area contributed by atoms with Crippen molar-refractivity contribution in [3.05, 3.63) is 29.0 Å². The van der Waals surface area contributed by atoms with Gasteiger partial charge in [-0.1, -0.05) is 13.0 Å². The lowest BCUT2D eigenvalue weighted by Gasteiger charge is -2.04. The molecule has 0 radical (unpaired) electrons. The minimum Gasteiger partial charge on any atom is -0.495 e. The second kappa shape index (κ2) is 4.18. The summed E-state index contributed by atoms with van der Waals surface area (Å²) in [4.78, 5) is 3.38. The fourth-order valence-electron chi connectivity index (χ4n) is 2.31. The number of hydrogen-bond acceptors (Lipinski definition) is 2. The monoisotopic (exact) mass is 218 g/mol. The molecule has 0 fully saturated rings. The summed E-state index contributed by atoms with van der Waals surface area (Å²) in [5.41, 5.74) is 10.5. The molecule has 0 aliphatic heterocycles. The SMILES string of the molecule is CCc1c(CN)[nH]c2c(OC)ccc(C)c12. The van der Waals surface area contributed by atoms with Crippen molar-refractivity contribution in [2.24, 2.45) is 5.73 Å². The highest BCUT2D eigenvalue weighted by Gasteiger charge is 2.13. The molecule has 0 spiro atoms. The lowest BCUT2D eigenvalue weighted by atomic mass is 10.0. The largest absolute Gasteiger partial charge is 0.495 e. The Morgan fingerprint density at radius 1 is 1.38 bits per heavy atom. The van der Waals surface area contributed by atoms with Gasteiger partial charge in [-0.3, -0.25) is 0 Å². The van der Waals surface area contributed by atoms with Gasteiger partial charge in [0.1, 0.15) is 5.75 Å². The number of ether oxygens (including phenoxy) is 1. The van der Waals surface area contributed by atoms with E-state index < -0.39 is 0 Å². The van der Waals surface area contributed by atoms with Gasteiger partial charge in [-0.25, -0.2) is 0 Å². The van der Waals surface area contributed by atoms with Gasteiger partial charge in [0, 0.05) is 17.6 Å². The summed E-state index contributed by atoms with van der Waals surface area (Å²) in [7, 11) is 1.69. The van der Waals surface area contributed by atoms with Crippen LogP contribution in [0.1, 0.15) is 23.7 Å². The highest BCUT2D eigenvalue weighted by Crippen LogP contribution is 2.32. The van der Waals surface area contributed by atoms with Crippen LogP contribution >= 0.6 is 0 Å². The Morgan fingerprint density at radius 3 is 2.69 bits per heavy atom. The molecule has 1 aromatic carbocycles. The predicted octanol–water partition coefficient (Wildman–Crippen LogP) is 2.51. The molecule has 0 saturated carbocycles. The number of rotatable bonds is 3. The van der Waals surface area contributed by atoms with E-state index in [-0.39, 0.29) is 0 Å². The van der Waals surface area contributed by atoms with Crippen LogP contribution < -0.4 is 10.5 Å². The third-order valence-corrected chi connectivity index (χ3v) is 3.09. The molecule has 1 aromatic heterocycles. The minimum absolute atomic E-state index is 0.542. The molecule has 2 aromatic rings. The van der Waals surface area contributed by atoms with Crippen LogP contribution in [0.2, 0.25) is 0 Å². The average molecular weight is 218 g/mol. The molecule has 0 amide bonds. The second-order valence-corrected chi connectivity index (χ2v) is 3.97. The van der Waals surface area contributed by atoms with E-state index in [1.165, 1.54) is 16.5 Å². The maximum absolute atomic E-state index is 5.76. The van der Waals surface area contributed by atoms with Crippen molar-refractivity contribution < 1.29 is 4.74 Å². The molecule has 1 heterocycles. The number of aromatic amines is 1. The fraction of sp³-hybridized carbons (Fsp3) is 0.385. The van der Waals surface area contributed by atoms with Crippen LogP contribution in [0.15, 0.2) is 12.1 Å². The van der Waals surface area contributed by atoms with Gasteiger partial charge < -0.3 is 15.5 Å². The molecule has 86 valence electrons. The normalized spacial score (nSPS) is 11.0. The van der Waals surface area contributed by atoms with Crippen LogP contribution in [0.25, 0.3) is 10.9 Å². The number of hydrogen-bond donors (Lipinski definition) is 2. The maximum atomic E-state index is 5.76. The summed E-state index contributed by atoms with van der Waals surface area (Å²) in [6.45, 7) is 4.82. The number of methoxy groups -OCH3 is 1. The Bertz CT molecular complexity index is 514. The average Bonchev–Trinajstić information content (AvgIpc) is 2.69. The van der Waals surface area contributed by atoms with Crippen LogP contribution in [0.3, 0.4) is 0 Å². The van der Waals surface area contributed by atoms with E-state index in [4.69, 9.17) is 10.5 Å². The molecule has 0 aliphatic rings. The number of aryl methyl sites for hydroxylation is 2. The number of aromatic nitrogens is 1. The third kappa shape index (κ3) is 1.48. The number of H-pyrrole nitrogens is 1. The molecule has 3 N–H and O–H groups in total. The number of nitrogens with two attached hydrogens (primary N) is 1. The molecule has 0 saturated heterocycles. The van der Waals surface area contributed by atoms with Gasteiger partial charge in [0.05, 0.1) is 12.6 Å². The standard InChI is InChI=1S/C13H18N2O/c1-4-9-10(7-14)15-13-11(16-3)6-5-8(2)12(9)13/h5-6,15H,4,7,14H2,1-3H3. The van der Waals surface area contributed by atoms with Gasteiger partial charge in [0.15, 0.2) is 0 Å². The van der Waals surface area contributed by atoms with Crippen molar-refractivity contribution in [1.29, 1.82) is 0 Å². The van der Waals surface area contributed by atoms with Crippen LogP contribution in [-0.4, -0.2) is 12.1 Å². The molecule has 2 rings (SSSR count). The third-order valence-electron chi connectivity index (χ3n) is 3.09. The quantitative estimate of drug-likeness (QED) is 0.831. The van der Waals surface area contributed by atoms with E-state index in [2.05, 4.69) is 24.9 Å². The van der Waals surface area contributed by atoms with Crippen LogP contribution in [0.5, 0.6) is 5.75 Å². The first-order valence-electron chi connectivity index (χ1n) is 5.60. The van der Waals surface area contributed by atoms with Gasteiger partial charge in [0.2, 0.25) is 0 Å². The lowest BCUT2D eigenvalue weighted by Crippen LogP contribution is -1.99. The zero-order valence-corrected chi connectivity index (χ0v) is 10.1. The first-order chi connectivity index (χ1) is 7.72. The number of fused-ring (bicyclic) bond motifs is 1. The van der Waals surface area contributed by atoms with Crippen molar-refractivity contribution in [3.63, 3.8) is 0 Å². The predicted molar refractivity (Wildman–Crippen MR) is 66.9 cm³/mol. The minimum atomic E-state index is 0.542. The van der Waals surface area contributed by atoms with Crippen molar-refractivity contribution in [1.82, 2.24) is 4.98 Å². The first-order valence-corrected chi connectivity index (χ1v) is 5.60. The molecule has 3 heteroatoms. The zero-order chi connectivity index (χ0) is 11.7. The van der Waals surface area contributed by atoms with Crippen LogP contribution in [0.4, 0.5) is 0 Å². The number of benzene rings is 1.